The highest BCUT2D eigenvalue weighted by atomic mass is 14.9. The molecule has 7 aliphatic carbocycles. The van der Waals surface area contributed by atoms with Crippen LogP contribution in [0.25, 0.3) is 0 Å². The second-order valence-corrected chi connectivity index (χ2v) is 16.5. The van der Waals surface area contributed by atoms with Crippen molar-refractivity contribution in [1.29, 1.82) is 0 Å². The predicted molar refractivity (Wildman–Crippen MR) is 202 cm³/mol. The van der Waals surface area contributed by atoms with Gasteiger partial charge in [-0.2, -0.15) is 0 Å². The third-order valence-electron chi connectivity index (χ3n) is 13.3. The van der Waals surface area contributed by atoms with Crippen LogP contribution in [0.4, 0.5) is 0 Å². The molecule has 0 saturated heterocycles. The van der Waals surface area contributed by atoms with Gasteiger partial charge < -0.3 is 5.32 Å². The molecule has 0 spiro atoms. The summed E-state index contributed by atoms with van der Waals surface area (Å²) in [6, 6.07) is 0.455. The molecule has 0 heterocycles. The second-order valence-electron chi connectivity index (χ2n) is 16.5. The fourth-order valence-corrected chi connectivity index (χ4v) is 11.0. The van der Waals surface area contributed by atoms with Gasteiger partial charge in [-0.3, -0.25) is 0 Å². The lowest BCUT2D eigenvalue weighted by Gasteiger charge is -2.56. The third-order valence-corrected chi connectivity index (χ3v) is 13.3. The number of allylic oxidation sites excluding steroid dienone is 16. The normalized spacial score (nSPS) is 33.6. The molecule has 47 heavy (non-hydrogen) atoms. The molecule has 0 aliphatic heterocycles. The molecule has 2 fully saturated rings. The van der Waals surface area contributed by atoms with E-state index in [0.717, 1.165) is 12.3 Å². The Morgan fingerprint density at radius 3 is 2.47 bits per heavy atom. The average Bonchev–Trinajstić information content (AvgIpc) is 3.13. The first-order valence-electron chi connectivity index (χ1n) is 20.0. The summed E-state index contributed by atoms with van der Waals surface area (Å²) in [6.45, 7) is 9.73. The highest BCUT2D eigenvalue weighted by Crippen LogP contribution is 2.64. The number of hydrogen-bond acceptors (Lipinski definition) is 1. The molecule has 7 rings (SSSR count). The molecule has 0 radical (unpaired) electrons. The third kappa shape index (κ3) is 6.72. The Balaban J connectivity index is 1.26. The summed E-state index contributed by atoms with van der Waals surface area (Å²) in [6.07, 6.45) is 51.2. The maximum atomic E-state index is 4.91. The quantitative estimate of drug-likeness (QED) is 0.198. The zero-order valence-electron chi connectivity index (χ0n) is 29.8. The van der Waals surface area contributed by atoms with Gasteiger partial charge in [-0.1, -0.05) is 112 Å². The molecule has 252 valence electrons. The van der Waals surface area contributed by atoms with E-state index >= 15 is 0 Å². The monoisotopic (exact) mass is 629 g/mol. The van der Waals surface area contributed by atoms with Gasteiger partial charge in [-0.05, 0) is 143 Å². The summed E-state index contributed by atoms with van der Waals surface area (Å²) < 4.78 is 0. The Kier molecular flexibility index (Phi) is 10.5. The van der Waals surface area contributed by atoms with Gasteiger partial charge in [0.2, 0.25) is 0 Å². The summed E-state index contributed by atoms with van der Waals surface area (Å²) in [5, 5.41) is 4.23. The van der Waals surface area contributed by atoms with E-state index in [-0.39, 0.29) is 5.41 Å². The molecular formula is C46H63N. The Hall–Kier alpha value is -2.54. The molecule has 0 aromatic heterocycles. The minimum atomic E-state index is 0.0726. The summed E-state index contributed by atoms with van der Waals surface area (Å²) >= 11 is 0. The maximum Gasteiger partial charge on any atom is 0.0435 e. The number of nitrogens with one attached hydrogen (secondary N) is 1. The minimum Gasteiger partial charge on any atom is -0.385 e. The zero-order valence-corrected chi connectivity index (χ0v) is 29.8. The smallest absolute Gasteiger partial charge is 0.0435 e. The average molecular weight is 630 g/mol. The van der Waals surface area contributed by atoms with Crippen molar-refractivity contribution in [3.63, 3.8) is 0 Å². The molecule has 2 saturated carbocycles. The van der Waals surface area contributed by atoms with Crippen molar-refractivity contribution in [2.75, 3.05) is 0 Å². The summed E-state index contributed by atoms with van der Waals surface area (Å²) in [5.41, 5.74) is 9.87. The molecule has 1 nitrogen and oxygen atoms in total. The van der Waals surface area contributed by atoms with Crippen LogP contribution in [0.15, 0.2) is 107 Å². The van der Waals surface area contributed by atoms with Crippen molar-refractivity contribution in [3.05, 3.63) is 107 Å². The van der Waals surface area contributed by atoms with Gasteiger partial charge in [0.25, 0.3) is 0 Å². The molecular weight excluding hydrogens is 567 g/mol. The summed E-state index contributed by atoms with van der Waals surface area (Å²) in [7, 11) is 0. The van der Waals surface area contributed by atoms with Crippen LogP contribution in [0.2, 0.25) is 0 Å². The Morgan fingerprint density at radius 1 is 0.830 bits per heavy atom. The van der Waals surface area contributed by atoms with E-state index in [9.17, 15) is 0 Å². The van der Waals surface area contributed by atoms with E-state index in [1.807, 2.05) is 0 Å². The van der Waals surface area contributed by atoms with Gasteiger partial charge >= 0.3 is 0 Å². The molecule has 0 aromatic rings. The van der Waals surface area contributed by atoms with E-state index < -0.39 is 0 Å². The van der Waals surface area contributed by atoms with Crippen molar-refractivity contribution in [3.8, 4) is 0 Å². The first-order valence-corrected chi connectivity index (χ1v) is 20.0. The Labute approximate surface area is 287 Å². The van der Waals surface area contributed by atoms with E-state index in [4.69, 9.17) is 6.58 Å². The van der Waals surface area contributed by atoms with E-state index in [1.54, 1.807) is 22.3 Å². The SMILES string of the molecule is C=C(/C=C(\NC(C(C)C)C1C=CC=CC1)C1CCCCC1)C1C=C(C2(C3=CCCCC3)C3=CCCC=C3CC3CCC=CC32)CCC1. The fourth-order valence-electron chi connectivity index (χ4n) is 11.0. The molecule has 1 N–H and O–H groups in total. The van der Waals surface area contributed by atoms with Crippen LogP contribution >= 0.6 is 0 Å². The first-order chi connectivity index (χ1) is 23.1. The second kappa shape index (κ2) is 14.9. The van der Waals surface area contributed by atoms with Crippen LogP contribution in [0, 0.1) is 40.9 Å². The molecule has 7 aliphatic rings. The lowest BCUT2D eigenvalue weighted by Crippen LogP contribution is -2.46. The fraction of sp³-hybridized carbons (Fsp3) is 0.609. The first kappa shape index (κ1) is 33.0. The maximum absolute atomic E-state index is 4.91. The zero-order chi connectivity index (χ0) is 32.2. The van der Waals surface area contributed by atoms with Gasteiger partial charge in [0, 0.05) is 29.0 Å². The van der Waals surface area contributed by atoms with Crippen LogP contribution in [0.1, 0.15) is 129 Å². The van der Waals surface area contributed by atoms with Gasteiger partial charge in [0.05, 0.1) is 0 Å². The highest BCUT2D eigenvalue weighted by Gasteiger charge is 2.54. The van der Waals surface area contributed by atoms with Crippen LogP contribution in [-0.4, -0.2) is 6.04 Å². The number of fused-ring (bicyclic) bond motifs is 2. The Bertz CT molecular complexity index is 1400. The molecule has 0 amide bonds. The van der Waals surface area contributed by atoms with Crippen LogP contribution in [-0.2, 0) is 0 Å². The van der Waals surface area contributed by atoms with Gasteiger partial charge in [-0.25, -0.2) is 0 Å². The minimum absolute atomic E-state index is 0.0726. The van der Waals surface area contributed by atoms with Crippen molar-refractivity contribution >= 4 is 0 Å². The molecule has 6 atom stereocenters. The lowest BCUT2D eigenvalue weighted by atomic mass is 9.47. The molecule has 6 unspecified atom stereocenters. The van der Waals surface area contributed by atoms with Gasteiger partial charge in [-0.15, -0.1) is 0 Å². The van der Waals surface area contributed by atoms with Crippen LogP contribution in [0.3, 0.4) is 0 Å². The molecule has 0 aromatic carbocycles. The van der Waals surface area contributed by atoms with Crippen LogP contribution in [0.5, 0.6) is 0 Å². The summed E-state index contributed by atoms with van der Waals surface area (Å²) in [4.78, 5) is 0. The van der Waals surface area contributed by atoms with Crippen molar-refractivity contribution in [2.45, 2.75) is 135 Å². The van der Waals surface area contributed by atoms with E-state index in [2.05, 4.69) is 86.0 Å². The van der Waals surface area contributed by atoms with Crippen molar-refractivity contribution < 1.29 is 0 Å². The predicted octanol–water partition coefficient (Wildman–Crippen LogP) is 12.6. The van der Waals surface area contributed by atoms with Crippen molar-refractivity contribution in [2.24, 2.45) is 40.9 Å². The molecule has 1 heteroatoms. The van der Waals surface area contributed by atoms with Gasteiger partial charge in [0.15, 0.2) is 0 Å². The van der Waals surface area contributed by atoms with E-state index in [0.29, 0.717) is 35.6 Å². The topological polar surface area (TPSA) is 12.0 Å². The standard InChI is InChI=1S/C46H63N/c1-33(2)45(36-20-9-5-10-21-36)47-44(35-18-7-4-8-19-35)30-34(3)37-24-17-27-41(32-37)46(40-25-11-6-12-26-40)42-28-15-13-22-38(42)31-39-23-14-16-29-43(39)46/h5,9-10,15,20,23,25,28-30,32-33,35-38,42,45,47H,3-4,6-8,11-14,16-19,21-22,24,26-27,31H2,1-2H3/b44-30-. The van der Waals surface area contributed by atoms with E-state index in [1.165, 1.54) is 120 Å². The lowest BCUT2D eigenvalue weighted by molar-refractivity contribution is 0.198. The molecule has 0 bridgehead atoms. The van der Waals surface area contributed by atoms with Crippen molar-refractivity contribution in [1.82, 2.24) is 5.32 Å². The Morgan fingerprint density at radius 2 is 1.68 bits per heavy atom. The number of hydrogen-bond donors (Lipinski definition) is 1. The largest absolute Gasteiger partial charge is 0.385 e. The summed E-state index contributed by atoms with van der Waals surface area (Å²) in [5.74, 6) is 3.59. The highest BCUT2D eigenvalue weighted by molar-refractivity contribution is 5.57. The number of rotatable bonds is 9. The van der Waals surface area contributed by atoms with Crippen LogP contribution < -0.4 is 5.32 Å². The van der Waals surface area contributed by atoms with Gasteiger partial charge in [0.1, 0.15) is 0 Å².